The zero-order valence-corrected chi connectivity index (χ0v) is 9.99. The summed E-state index contributed by atoms with van der Waals surface area (Å²) >= 11 is 7.67. The van der Waals surface area contributed by atoms with Crippen molar-refractivity contribution in [1.29, 1.82) is 0 Å². The fraction of sp³-hybridized carbons (Fsp3) is 0.222. The van der Waals surface area contributed by atoms with Gasteiger partial charge in [-0.1, -0.05) is 56.0 Å². The second-order valence-corrected chi connectivity index (χ2v) is 3.91. The molecule has 1 aromatic rings. The Labute approximate surface area is 99.9 Å². The first-order valence-corrected chi connectivity index (χ1v) is 5.03. The van der Waals surface area contributed by atoms with Gasteiger partial charge in [0.2, 0.25) is 0 Å². The molecule has 1 aromatic carbocycles. The minimum absolute atomic E-state index is 0.236. The maximum atomic E-state index is 11.3. The number of hydrazine groups is 1. The van der Waals surface area contributed by atoms with Gasteiger partial charge in [-0.2, -0.15) is 0 Å². The van der Waals surface area contributed by atoms with Gasteiger partial charge in [0.25, 0.3) is 0 Å². The number of amides is 1. The fourth-order valence-corrected chi connectivity index (χ4v) is 1.03. The van der Waals surface area contributed by atoms with E-state index in [4.69, 9.17) is 4.74 Å². The Bertz CT molecular complexity index is 319. The molecule has 6 heteroatoms. The second kappa shape index (κ2) is 5.89. The Morgan fingerprint density at radius 3 is 2.47 bits per heavy atom. The summed E-state index contributed by atoms with van der Waals surface area (Å²) in [7, 11) is 1.51. The average molecular weight is 244 g/mol. The van der Waals surface area contributed by atoms with Crippen molar-refractivity contribution in [3.8, 4) is 0 Å². The van der Waals surface area contributed by atoms with Gasteiger partial charge in [0.1, 0.15) is 6.61 Å². The van der Waals surface area contributed by atoms with E-state index < -0.39 is 6.09 Å². The predicted molar refractivity (Wildman–Crippen MR) is 64.2 cm³/mol. The average Bonchev–Trinajstić information content (AvgIpc) is 2.26. The van der Waals surface area contributed by atoms with Crippen molar-refractivity contribution >= 4 is 31.7 Å². The Morgan fingerprint density at radius 1 is 1.33 bits per heavy atom. The molecule has 0 unspecified atom stereocenters. The molecule has 0 N–H and O–H groups in total. The van der Waals surface area contributed by atoms with Gasteiger partial charge in [-0.05, 0) is 5.56 Å². The van der Waals surface area contributed by atoms with Gasteiger partial charge in [0.15, 0.2) is 0 Å². The van der Waals surface area contributed by atoms with Gasteiger partial charge >= 0.3 is 6.09 Å². The lowest BCUT2D eigenvalue weighted by Crippen LogP contribution is -2.32. The van der Waals surface area contributed by atoms with Crippen LogP contribution in [0.5, 0.6) is 0 Å². The smallest absolute Gasteiger partial charge is 0.425 e. The normalized spacial score (nSPS) is 10.1. The van der Waals surface area contributed by atoms with Crippen LogP contribution in [0.1, 0.15) is 5.56 Å². The highest BCUT2D eigenvalue weighted by Crippen LogP contribution is 2.06. The molecule has 0 aromatic heterocycles. The molecule has 0 aliphatic heterocycles. The van der Waals surface area contributed by atoms with Crippen molar-refractivity contribution in [2.24, 2.45) is 0 Å². The van der Waals surface area contributed by atoms with Crippen LogP contribution in [0.3, 0.4) is 0 Å². The molecule has 1 rings (SSSR count). The molecule has 0 bridgehead atoms. The minimum atomic E-state index is -0.510. The maximum absolute atomic E-state index is 11.3. The number of thiol groups is 2. The summed E-state index contributed by atoms with van der Waals surface area (Å²) in [6.07, 6.45) is -0.510. The fourth-order valence-electron chi connectivity index (χ4n) is 0.886. The van der Waals surface area contributed by atoms with Crippen LogP contribution in [0.4, 0.5) is 4.79 Å². The lowest BCUT2D eigenvalue weighted by molar-refractivity contribution is 0.0807. The van der Waals surface area contributed by atoms with Crippen molar-refractivity contribution in [2.75, 3.05) is 7.05 Å². The zero-order chi connectivity index (χ0) is 11.3. The van der Waals surface area contributed by atoms with E-state index in [0.717, 1.165) is 14.4 Å². The third kappa shape index (κ3) is 4.03. The first-order chi connectivity index (χ1) is 7.11. The summed E-state index contributed by atoms with van der Waals surface area (Å²) in [4.78, 5) is 11.3. The van der Waals surface area contributed by atoms with Crippen molar-refractivity contribution in [1.82, 2.24) is 8.83 Å². The third-order valence-corrected chi connectivity index (χ3v) is 2.27. The van der Waals surface area contributed by atoms with E-state index in [0.29, 0.717) is 0 Å². The van der Waals surface area contributed by atoms with Crippen molar-refractivity contribution < 1.29 is 9.53 Å². The van der Waals surface area contributed by atoms with Crippen LogP contribution in [-0.4, -0.2) is 22.0 Å². The van der Waals surface area contributed by atoms with Crippen LogP contribution in [-0.2, 0) is 11.3 Å². The summed E-state index contributed by atoms with van der Waals surface area (Å²) in [5, 5.41) is 1.13. The van der Waals surface area contributed by atoms with Gasteiger partial charge in [0.05, 0.1) is 0 Å². The topological polar surface area (TPSA) is 32.8 Å². The van der Waals surface area contributed by atoms with Crippen LogP contribution in [0.2, 0.25) is 0 Å². The second-order valence-electron chi connectivity index (χ2n) is 2.83. The molecule has 0 fully saturated rings. The van der Waals surface area contributed by atoms with Crippen LogP contribution < -0.4 is 0 Å². The molecule has 15 heavy (non-hydrogen) atoms. The van der Waals surface area contributed by atoms with E-state index in [1.54, 1.807) is 0 Å². The minimum Gasteiger partial charge on any atom is -0.444 e. The monoisotopic (exact) mass is 244 g/mol. The molecule has 0 saturated carbocycles. The number of hydrogen-bond donors (Lipinski definition) is 2. The Balaban J connectivity index is 2.41. The predicted octanol–water partition coefficient (Wildman–Crippen LogP) is 2.16. The lowest BCUT2D eigenvalue weighted by atomic mass is 10.2. The Kier molecular flexibility index (Phi) is 4.80. The highest BCUT2D eigenvalue weighted by molar-refractivity contribution is 7.93. The number of hydrogen-bond acceptors (Lipinski definition) is 5. The van der Waals surface area contributed by atoms with E-state index in [1.807, 2.05) is 30.3 Å². The first-order valence-electron chi connectivity index (χ1n) is 4.23. The van der Waals surface area contributed by atoms with Gasteiger partial charge in [-0.25, -0.2) is 9.80 Å². The number of ether oxygens (including phenoxy) is 1. The summed E-state index contributed by atoms with van der Waals surface area (Å²) in [6, 6.07) is 9.44. The van der Waals surface area contributed by atoms with E-state index in [-0.39, 0.29) is 6.61 Å². The van der Waals surface area contributed by atoms with Crippen LogP contribution in [0.15, 0.2) is 30.3 Å². The van der Waals surface area contributed by atoms with Crippen LogP contribution in [0, 0.1) is 0 Å². The van der Waals surface area contributed by atoms with Gasteiger partial charge in [-0.15, -0.1) is 3.82 Å². The Hall–Kier alpha value is -0.850. The molecule has 0 saturated heterocycles. The number of carbonyl (C=O) groups is 1. The number of carbonyl (C=O) groups excluding carboxylic acids is 1. The van der Waals surface area contributed by atoms with Crippen LogP contribution in [0.25, 0.3) is 0 Å². The van der Waals surface area contributed by atoms with Crippen molar-refractivity contribution in [3.05, 3.63) is 35.9 Å². The summed E-state index contributed by atoms with van der Waals surface area (Å²) in [5.74, 6) is 0. The molecule has 4 nitrogen and oxygen atoms in total. The molecule has 0 aliphatic carbocycles. The van der Waals surface area contributed by atoms with Gasteiger partial charge in [-0.3, -0.25) is 0 Å². The highest BCUT2D eigenvalue weighted by atomic mass is 32.2. The Morgan fingerprint density at radius 2 is 1.93 bits per heavy atom. The maximum Gasteiger partial charge on any atom is 0.425 e. The van der Waals surface area contributed by atoms with E-state index in [1.165, 1.54) is 7.05 Å². The van der Waals surface area contributed by atoms with E-state index >= 15 is 0 Å². The molecule has 0 atom stereocenters. The molecule has 0 heterocycles. The SMILES string of the molecule is CN(C(=O)OCc1ccccc1)N(S)S. The molecule has 82 valence electrons. The zero-order valence-electron chi connectivity index (χ0n) is 8.20. The van der Waals surface area contributed by atoms with Crippen molar-refractivity contribution in [3.63, 3.8) is 0 Å². The van der Waals surface area contributed by atoms with Crippen LogP contribution >= 0.6 is 25.6 Å². The number of rotatable bonds is 3. The van der Waals surface area contributed by atoms with E-state index in [2.05, 4.69) is 25.6 Å². The standard InChI is InChI=1S/C9H12N2O2S2/c1-10(11(14)15)9(12)13-7-8-5-3-2-4-6-8/h2-6,14-15H,7H2,1H3. The molecular weight excluding hydrogens is 232 g/mol. The summed E-state index contributed by atoms with van der Waals surface area (Å²) in [6.45, 7) is 0.236. The molecular formula is C9H12N2O2S2. The molecule has 0 aliphatic rings. The van der Waals surface area contributed by atoms with Crippen molar-refractivity contribution in [2.45, 2.75) is 6.61 Å². The quantitative estimate of drug-likeness (QED) is 0.631. The van der Waals surface area contributed by atoms with Gasteiger partial charge in [0, 0.05) is 7.05 Å². The third-order valence-electron chi connectivity index (χ3n) is 1.74. The number of nitrogens with zero attached hydrogens (tertiary/aromatic N) is 2. The highest BCUT2D eigenvalue weighted by Gasteiger charge is 2.12. The lowest BCUT2D eigenvalue weighted by Gasteiger charge is -2.20. The molecule has 1 amide bonds. The molecule has 0 radical (unpaired) electrons. The largest absolute Gasteiger partial charge is 0.444 e. The number of benzene rings is 1. The summed E-state index contributed by atoms with van der Waals surface area (Å²) in [5.41, 5.74) is 0.934. The van der Waals surface area contributed by atoms with Gasteiger partial charge < -0.3 is 4.74 Å². The molecule has 0 spiro atoms. The summed E-state index contributed by atoms with van der Waals surface area (Å²) < 4.78 is 6.05. The first kappa shape index (κ1) is 12.2. The van der Waals surface area contributed by atoms with E-state index in [9.17, 15) is 4.79 Å².